The van der Waals surface area contributed by atoms with Gasteiger partial charge in [0.2, 0.25) is 0 Å². The van der Waals surface area contributed by atoms with Crippen molar-refractivity contribution in [1.29, 1.82) is 0 Å². The minimum absolute atomic E-state index is 0.206. The van der Waals surface area contributed by atoms with Gasteiger partial charge in [0, 0.05) is 52.6 Å². The molecule has 1 N–H and O–H groups in total. The van der Waals surface area contributed by atoms with Gasteiger partial charge in [0.05, 0.1) is 24.5 Å². The summed E-state index contributed by atoms with van der Waals surface area (Å²) in [5, 5.41) is 10.4. The van der Waals surface area contributed by atoms with Crippen molar-refractivity contribution in [3.63, 3.8) is 0 Å². The predicted octanol–water partition coefficient (Wildman–Crippen LogP) is 6.92. The lowest BCUT2D eigenvalue weighted by Crippen LogP contribution is -2.23. The number of aromatic nitrogens is 3. The number of rotatable bonds is 8. The van der Waals surface area contributed by atoms with E-state index in [4.69, 9.17) is 9.72 Å². The van der Waals surface area contributed by atoms with Crippen LogP contribution in [-0.2, 0) is 11.3 Å². The van der Waals surface area contributed by atoms with E-state index >= 15 is 0 Å². The van der Waals surface area contributed by atoms with Gasteiger partial charge in [-0.15, -0.1) is 11.3 Å². The lowest BCUT2D eigenvalue weighted by molar-refractivity contribution is 0.168. The van der Waals surface area contributed by atoms with Crippen molar-refractivity contribution in [3.8, 4) is 33.1 Å². The molecule has 0 radical (unpaired) electrons. The Bertz CT molecular complexity index is 1740. The molecule has 0 atom stereocenters. The first-order valence-electron chi connectivity index (χ1n) is 14.1. The number of nitrogens with one attached hydrogen (secondary N) is 1. The van der Waals surface area contributed by atoms with Crippen LogP contribution >= 0.6 is 11.3 Å². The van der Waals surface area contributed by atoms with Crippen molar-refractivity contribution < 1.29 is 9.53 Å². The monoisotopic (exact) mass is 577 g/mol. The molecule has 1 aliphatic rings. The van der Waals surface area contributed by atoms with Crippen LogP contribution in [0, 0.1) is 0 Å². The highest BCUT2D eigenvalue weighted by Crippen LogP contribution is 2.31. The third kappa shape index (κ3) is 6.26. The maximum atomic E-state index is 12.6. The zero-order valence-electron chi connectivity index (χ0n) is 23.3. The topological polar surface area (TPSA) is 89.3 Å². The zero-order chi connectivity index (χ0) is 28.9. The summed E-state index contributed by atoms with van der Waals surface area (Å²) in [6, 6.07) is 27.3. The quantitative estimate of drug-likeness (QED) is 0.215. The Labute approximate surface area is 248 Å². The highest BCUT2D eigenvalue weighted by molar-refractivity contribution is 7.13. The Kier molecular flexibility index (Phi) is 8.09. The molecule has 5 aromatic rings. The van der Waals surface area contributed by atoms with E-state index in [0.29, 0.717) is 11.4 Å². The Morgan fingerprint density at radius 1 is 0.905 bits per heavy atom. The highest BCUT2D eigenvalue weighted by atomic mass is 32.1. The van der Waals surface area contributed by atoms with Crippen molar-refractivity contribution in [2.24, 2.45) is 0 Å². The minimum Gasteiger partial charge on any atom is -0.450 e. The van der Waals surface area contributed by atoms with E-state index in [1.165, 1.54) is 29.3 Å². The molecule has 3 heterocycles. The van der Waals surface area contributed by atoms with E-state index in [1.54, 1.807) is 36.5 Å². The van der Waals surface area contributed by atoms with Gasteiger partial charge in [-0.3, -0.25) is 10.1 Å². The standard InChI is InChI=1S/C33H31N5O3S/c1-2-41-33(40)34-27-7-5-6-23(20-27)21-38-31(39)17-16-29(36-38)24-8-10-26(11-9-24)32-35-30(22-42-32)25-12-14-28(15-13-25)37-18-3-4-19-37/h5-17,20,22H,2-4,18-19,21H2,1H3,(H,34,40). The molecule has 0 aliphatic carbocycles. The van der Waals surface area contributed by atoms with Gasteiger partial charge >= 0.3 is 6.09 Å². The van der Waals surface area contributed by atoms with Gasteiger partial charge in [-0.05, 0) is 55.7 Å². The van der Waals surface area contributed by atoms with Crippen LogP contribution in [0.2, 0.25) is 0 Å². The van der Waals surface area contributed by atoms with E-state index in [2.05, 4.69) is 45.0 Å². The number of hydrogen-bond acceptors (Lipinski definition) is 7. The Balaban J connectivity index is 1.16. The number of nitrogens with zero attached hydrogens (tertiary/aromatic N) is 4. The summed E-state index contributed by atoms with van der Waals surface area (Å²) in [6.07, 6.45) is 2.01. The summed E-state index contributed by atoms with van der Waals surface area (Å²) < 4.78 is 6.37. The average Bonchev–Trinajstić information content (AvgIpc) is 3.73. The van der Waals surface area contributed by atoms with Crippen molar-refractivity contribution in [2.75, 3.05) is 29.9 Å². The normalized spacial score (nSPS) is 12.8. The molecule has 1 saturated heterocycles. The molecule has 0 spiro atoms. The van der Waals surface area contributed by atoms with E-state index in [9.17, 15) is 9.59 Å². The number of carbonyl (C=O) groups excluding carboxylic acids is 1. The first-order valence-corrected chi connectivity index (χ1v) is 15.0. The van der Waals surface area contributed by atoms with Crippen molar-refractivity contribution in [3.05, 3.63) is 106 Å². The molecule has 3 aromatic carbocycles. The van der Waals surface area contributed by atoms with Crippen molar-refractivity contribution in [2.45, 2.75) is 26.3 Å². The summed E-state index contributed by atoms with van der Waals surface area (Å²) in [5.74, 6) is 0. The van der Waals surface area contributed by atoms with E-state index in [0.717, 1.165) is 46.0 Å². The molecule has 1 fully saturated rings. The van der Waals surface area contributed by atoms with Crippen LogP contribution in [0.5, 0.6) is 0 Å². The fraction of sp³-hybridized carbons (Fsp3) is 0.212. The number of ether oxygens (including phenoxy) is 1. The van der Waals surface area contributed by atoms with Gasteiger partial charge in [-0.25, -0.2) is 14.5 Å². The van der Waals surface area contributed by atoms with Crippen LogP contribution in [0.3, 0.4) is 0 Å². The smallest absolute Gasteiger partial charge is 0.411 e. The van der Waals surface area contributed by atoms with Crippen LogP contribution in [0.25, 0.3) is 33.1 Å². The van der Waals surface area contributed by atoms with Crippen LogP contribution in [0.4, 0.5) is 16.2 Å². The van der Waals surface area contributed by atoms with Crippen LogP contribution in [0.15, 0.2) is 95.1 Å². The third-order valence-corrected chi connectivity index (χ3v) is 8.11. The molecule has 0 saturated carbocycles. The first kappa shape index (κ1) is 27.4. The van der Waals surface area contributed by atoms with Gasteiger partial charge in [-0.1, -0.05) is 48.5 Å². The lowest BCUT2D eigenvalue weighted by atomic mass is 10.1. The fourth-order valence-electron chi connectivity index (χ4n) is 5.06. The molecule has 1 aliphatic heterocycles. The largest absolute Gasteiger partial charge is 0.450 e. The zero-order valence-corrected chi connectivity index (χ0v) is 24.1. The van der Waals surface area contributed by atoms with Crippen LogP contribution in [0.1, 0.15) is 25.3 Å². The second kappa shape index (κ2) is 12.4. The van der Waals surface area contributed by atoms with Gasteiger partial charge in [0.25, 0.3) is 5.56 Å². The minimum atomic E-state index is -0.518. The Hall–Kier alpha value is -4.76. The summed E-state index contributed by atoms with van der Waals surface area (Å²) in [6.45, 7) is 4.58. The second-order valence-corrected chi connectivity index (χ2v) is 11.0. The second-order valence-electron chi connectivity index (χ2n) is 10.1. The van der Waals surface area contributed by atoms with Gasteiger partial charge in [-0.2, -0.15) is 5.10 Å². The number of hydrogen-bond donors (Lipinski definition) is 1. The number of anilines is 2. The van der Waals surface area contributed by atoms with E-state index < -0.39 is 6.09 Å². The Morgan fingerprint density at radius 2 is 1.62 bits per heavy atom. The fourth-order valence-corrected chi connectivity index (χ4v) is 5.90. The molecule has 2 aromatic heterocycles. The van der Waals surface area contributed by atoms with Gasteiger partial charge < -0.3 is 9.64 Å². The molecule has 42 heavy (non-hydrogen) atoms. The average molecular weight is 578 g/mol. The number of carbonyl (C=O) groups is 1. The van der Waals surface area contributed by atoms with E-state index in [1.807, 2.05) is 36.4 Å². The van der Waals surface area contributed by atoms with Gasteiger partial charge in [0.1, 0.15) is 5.01 Å². The van der Waals surface area contributed by atoms with Crippen LogP contribution < -0.4 is 15.8 Å². The third-order valence-electron chi connectivity index (χ3n) is 7.21. The SMILES string of the molecule is CCOC(=O)Nc1cccc(Cn2nc(-c3ccc(-c4nc(-c5ccc(N6CCCC6)cc5)cs4)cc3)ccc2=O)c1. The maximum absolute atomic E-state index is 12.6. The number of thiazole rings is 1. The highest BCUT2D eigenvalue weighted by Gasteiger charge is 2.13. The molecular weight excluding hydrogens is 546 g/mol. The van der Waals surface area contributed by atoms with E-state index in [-0.39, 0.29) is 18.7 Å². The molecule has 0 bridgehead atoms. The van der Waals surface area contributed by atoms with Gasteiger partial charge in [0.15, 0.2) is 0 Å². The lowest BCUT2D eigenvalue weighted by Gasteiger charge is -2.17. The molecule has 8 nitrogen and oxygen atoms in total. The molecular formula is C33H31N5O3S. The van der Waals surface area contributed by atoms with Crippen molar-refractivity contribution >= 4 is 28.8 Å². The summed E-state index contributed by atoms with van der Waals surface area (Å²) in [4.78, 5) is 31.7. The maximum Gasteiger partial charge on any atom is 0.411 e. The molecule has 212 valence electrons. The molecule has 0 unspecified atom stereocenters. The first-order chi connectivity index (χ1) is 20.6. The molecule has 9 heteroatoms. The van der Waals surface area contributed by atoms with Crippen molar-refractivity contribution in [1.82, 2.24) is 14.8 Å². The molecule has 1 amide bonds. The van der Waals surface area contributed by atoms with Crippen LogP contribution in [-0.4, -0.2) is 40.6 Å². The summed E-state index contributed by atoms with van der Waals surface area (Å²) in [7, 11) is 0. The summed E-state index contributed by atoms with van der Waals surface area (Å²) in [5.41, 5.74) is 7.21. The number of amides is 1. The molecule has 6 rings (SSSR count). The Morgan fingerprint density at radius 3 is 2.38 bits per heavy atom. The summed E-state index contributed by atoms with van der Waals surface area (Å²) >= 11 is 1.62. The number of benzene rings is 3. The predicted molar refractivity (Wildman–Crippen MR) is 168 cm³/mol.